The zero-order chi connectivity index (χ0) is 15.5. The lowest BCUT2D eigenvalue weighted by molar-refractivity contribution is 0.583. The molecular weight excluding hydrogens is 308 g/mol. The van der Waals surface area contributed by atoms with Crippen LogP contribution in [0.3, 0.4) is 0 Å². The van der Waals surface area contributed by atoms with Gasteiger partial charge in [0.2, 0.25) is 0 Å². The maximum absolute atomic E-state index is 12.1. The molecular formula is C13H22N4O2S2. The molecule has 1 unspecified atom stereocenters. The molecule has 2 heterocycles. The van der Waals surface area contributed by atoms with Crippen LogP contribution in [0.25, 0.3) is 0 Å². The summed E-state index contributed by atoms with van der Waals surface area (Å²) in [4.78, 5) is 10.6. The van der Waals surface area contributed by atoms with E-state index in [-0.39, 0.29) is 0 Å². The summed E-state index contributed by atoms with van der Waals surface area (Å²) in [5.41, 5.74) is 0.986. The lowest BCUT2D eigenvalue weighted by atomic mass is 10.2. The van der Waals surface area contributed by atoms with E-state index in [0.717, 1.165) is 35.9 Å². The van der Waals surface area contributed by atoms with Crippen LogP contribution in [-0.4, -0.2) is 54.6 Å². The highest BCUT2D eigenvalue weighted by atomic mass is 32.2. The van der Waals surface area contributed by atoms with Crippen molar-refractivity contribution < 1.29 is 8.42 Å². The summed E-state index contributed by atoms with van der Waals surface area (Å²) in [5, 5.41) is 2.72. The fourth-order valence-electron chi connectivity index (χ4n) is 2.47. The molecule has 1 aliphatic heterocycles. The Hall–Kier alpha value is -1.02. The van der Waals surface area contributed by atoms with Gasteiger partial charge in [-0.3, -0.25) is 0 Å². The van der Waals surface area contributed by atoms with E-state index < -0.39 is 15.2 Å². The molecule has 1 aliphatic rings. The molecule has 6 nitrogen and oxygen atoms in total. The molecule has 21 heavy (non-hydrogen) atoms. The van der Waals surface area contributed by atoms with Gasteiger partial charge in [-0.05, 0) is 13.3 Å². The van der Waals surface area contributed by atoms with Crippen molar-refractivity contribution in [1.29, 1.82) is 0 Å². The minimum atomic E-state index is -3.15. The van der Waals surface area contributed by atoms with Gasteiger partial charge in [0.15, 0.2) is 9.84 Å². The fraction of sp³-hybridized carbons (Fsp3) is 0.692. The van der Waals surface area contributed by atoms with Crippen LogP contribution in [0.1, 0.15) is 19.4 Å². The van der Waals surface area contributed by atoms with E-state index >= 15 is 0 Å². The van der Waals surface area contributed by atoms with Gasteiger partial charge in [0, 0.05) is 36.4 Å². The Morgan fingerprint density at radius 3 is 2.81 bits per heavy atom. The number of aromatic nitrogens is 2. The summed E-state index contributed by atoms with van der Waals surface area (Å²) in [6, 6.07) is 0. The summed E-state index contributed by atoms with van der Waals surface area (Å²) in [6.45, 7) is 5.52. The fourth-order valence-corrected chi connectivity index (χ4v) is 5.29. The topological polar surface area (TPSA) is 75.2 Å². The molecule has 0 spiro atoms. The van der Waals surface area contributed by atoms with Gasteiger partial charge in [0.1, 0.15) is 23.3 Å². The van der Waals surface area contributed by atoms with Crippen molar-refractivity contribution in [3.05, 3.63) is 11.9 Å². The van der Waals surface area contributed by atoms with Crippen LogP contribution >= 0.6 is 11.8 Å². The quantitative estimate of drug-likeness (QED) is 0.874. The number of rotatable bonds is 5. The van der Waals surface area contributed by atoms with E-state index in [9.17, 15) is 8.42 Å². The Balaban J connectivity index is 2.45. The van der Waals surface area contributed by atoms with Gasteiger partial charge < -0.3 is 10.2 Å². The van der Waals surface area contributed by atoms with Gasteiger partial charge in [-0.15, -0.1) is 0 Å². The number of nitrogens with zero attached hydrogens (tertiary/aromatic N) is 3. The molecule has 0 bridgehead atoms. The Kier molecular flexibility index (Phi) is 5.32. The SMILES string of the molecule is CCNc1ncnc(N2CCSCC2S(C)(=O)=O)c1CC. The molecule has 1 aromatic rings. The zero-order valence-corrected chi connectivity index (χ0v) is 14.3. The van der Waals surface area contributed by atoms with Crippen molar-refractivity contribution in [2.24, 2.45) is 0 Å². The van der Waals surface area contributed by atoms with Crippen molar-refractivity contribution in [2.75, 3.05) is 41.1 Å². The van der Waals surface area contributed by atoms with Crippen molar-refractivity contribution in [1.82, 2.24) is 9.97 Å². The number of thioether (sulfide) groups is 1. The van der Waals surface area contributed by atoms with Crippen LogP contribution < -0.4 is 10.2 Å². The summed E-state index contributed by atoms with van der Waals surface area (Å²) in [6.07, 6.45) is 3.57. The molecule has 0 saturated carbocycles. The number of sulfone groups is 1. The summed E-state index contributed by atoms with van der Waals surface area (Å²) >= 11 is 1.68. The van der Waals surface area contributed by atoms with Crippen LogP contribution in [0, 0.1) is 0 Å². The molecule has 0 amide bonds. The van der Waals surface area contributed by atoms with Crippen LogP contribution in [0.4, 0.5) is 11.6 Å². The number of nitrogens with one attached hydrogen (secondary N) is 1. The van der Waals surface area contributed by atoms with Crippen molar-refractivity contribution in [2.45, 2.75) is 25.6 Å². The summed E-state index contributed by atoms with van der Waals surface area (Å²) in [7, 11) is -3.15. The molecule has 0 aromatic carbocycles. The highest BCUT2D eigenvalue weighted by molar-refractivity contribution is 8.01. The van der Waals surface area contributed by atoms with E-state index in [2.05, 4.69) is 15.3 Å². The van der Waals surface area contributed by atoms with E-state index in [0.29, 0.717) is 12.3 Å². The highest BCUT2D eigenvalue weighted by Crippen LogP contribution is 2.30. The Labute approximate surface area is 130 Å². The van der Waals surface area contributed by atoms with E-state index in [1.807, 2.05) is 18.7 Å². The van der Waals surface area contributed by atoms with Gasteiger partial charge in [-0.25, -0.2) is 18.4 Å². The molecule has 1 N–H and O–H groups in total. The van der Waals surface area contributed by atoms with Gasteiger partial charge in [0.25, 0.3) is 0 Å². The lowest BCUT2D eigenvalue weighted by Gasteiger charge is -2.36. The standard InChI is InChI=1S/C13H22N4O2S2/c1-4-10-12(14-5-2)15-9-16-13(10)17-6-7-20-8-11(17)21(3,18)19/h9,11H,4-8H2,1-3H3,(H,14,15,16). The average Bonchev–Trinajstić information content (AvgIpc) is 2.46. The first kappa shape index (κ1) is 16.4. The van der Waals surface area contributed by atoms with Gasteiger partial charge in [0.05, 0.1) is 0 Å². The van der Waals surface area contributed by atoms with Crippen molar-refractivity contribution in [3.8, 4) is 0 Å². The van der Waals surface area contributed by atoms with E-state index in [4.69, 9.17) is 0 Å². The van der Waals surface area contributed by atoms with Crippen LogP contribution in [0.2, 0.25) is 0 Å². The second-order valence-corrected chi connectivity index (χ2v) is 8.31. The molecule has 0 radical (unpaired) electrons. The monoisotopic (exact) mass is 330 g/mol. The van der Waals surface area contributed by atoms with Crippen LogP contribution in [0.5, 0.6) is 0 Å². The number of hydrogen-bond acceptors (Lipinski definition) is 7. The second-order valence-electron chi connectivity index (χ2n) is 4.96. The predicted molar refractivity (Wildman–Crippen MR) is 88.9 cm³/mol. The second kappa shape index (κ2) is 6.83. The Morgan fingerprint density at radius 2 is 2.19 bits per heavy atom. The van der Waals surface area contributed by atoms with Crippen molar-refractivity contribution >= 4 is 33.2 Å². The van der Waals surface area contributed by atoms with Crippen LogP contribution in [-0.2, 0) is 16.3 Å². The molecule has 1 aromatic heterocycles. The average molecular weight is 330 g/mol. The highest BCUT2D eigenvalue weighted by Gasteiger charge is 2.33. The molecule has 1 saturated heterocycles. The molecule has 1 atom stereocenters. The maximum Gasteiger partial charge on any atom is 0.169 e. The van der Waals surface area contributed by atoms with Gasteiger partial charge in [-0.2, -0.15) is 11.8 Å². The van der Waals surface area contributed by atoms with Gasteiger partial charge in [-0.1, -0.05) is 6.92 Å². The molecule has 1 fully saturated rings. The molecule has 8 heteroatoms. The smallest absolute Gasteiger partial charge is 0.169 e. The molecule has 2 rings (SSSR count). The number of hydrogen-bond donors (Lipinski definition) is 1. The summed E-state index contributed by atoms with van der Waals surface area (Å²) < 4.78 is 24.1. The minimum Gasteiger partial charge on any atom is -0.370 e. The first-order valence-corrected chi connectivity index (χ1v) is 10.2. The minimum absolute atomic E-state index is 0.508. The predicted octanol–water partition coefficient (Wildman–Crippen LogP) is 1.39. The van der Waals surface area contributed by atoms with E-state index in [1.54, 1.807) is 11.8 Å². The van der Waals surface area contributed by atoms with Crippen molar-refractivity contribution in [3.63, 3.8) is 0 Å². The maximum atomic E-state index is 12.1. The largest absolute Gasteiger partial charge is 0.370 e. The third-order valence-electron chi connectivity index (χ3n) is 3.47. The summed E-state index contributed by atoms with van der Waals surface area (Å²) in [5.74, 6) is 3.05. The first-order chi connectivity index (χ1) is 9.99. The zero-order valence-electron chi connectivity index (χ0n) is 12.7. The van der Waals surface area contributed by atoms with Crippen LogP contribution in [0.15, 0.2) is 6.33 Å². The van der Waals surface area contributed by atoms with E-state index in [1.165, 1.54) is 12.6 Å². The first-order valence-electron chi connectivity index (χ1n) is 7.10. The number of anilines is 2. The normalized spacial score (nSPS) is 19.6. The van der Waals surface area contributed by atoms with Gasteiger partial charge >= 0.3 is 0 Å². The lowest BCUT2D eigenvalue weighted by Crippen LogP contribution is -2.47. The molecule has 0 aliphatic carbocycles. The third-order valence-corrected chi connectivity index (χ3v) is 6.11. The third kappa shape index (κ3) is 3.60. The Morgan fingerprint density at radius 1 is 1.43 bits per heavy atom. The molecule has 118 valence electrons. The Bertz CT molecular complexity index is 592.